The van der Waals surface area contributed by atoms with Crippen LogP contribution >= 0.6 is 0 Å². The first-order valence-electron chi connectivity index (χ1n) is 12.6. The molecule has 0 spiro atoms. The molecule has 0 bridgehead atoms. The van der Waals surface area contributed by atoms with Crippen molar-refractivity contribution >= 4 is 21.9 Å². The second-order valence-corrected chi connectivity index (χ2v) is 11.3. The van der Waals surface area contributed by atoms with Crippen molar-refractivity contribution in [1.82, 2.24) is 24.3 Å². The molecule has 2 aliphatic heterocycles. The number of aliphatic carboxylic acids is 1. The second kappa shape index (κ2) is 14.8. The minimum absolute atomic E-state index is 0.0321. The number of nitrogens with one attached hydrogen (secondary N) is 1. The number of carbonyl (C=O) groups excluding carboxylic acids is 1. The highest BCUT2D eigenvalue weighted by Crippen LogP contribution is 2.18. The number of halogens is 3. The van der Waals surface area contributed by atoms with E-state index in [9.17, 15) is 26.4 Å². The molecule has 0 radical (unpaired) electrons. The number of sulfonamides is 1. The molecule has 38 heavy (non-hydrogen) atoms. The van der Waals surface area contributed by atoms with Gasteiger partial charge < -0.3 is 25.1 Å². The summed E-state index contributed by atoms with van der Waals surface area (Å²) in [7, 11) is -1.50. The van der Waals surface area contributed by atoms with Crippen LogP contribution in [-0.4, -0.2) is 130 Å². The summed E-state index contributed by atoms with van der Waals surface area (Å²) < 4.78 is 59.9. The van der Waals surface area contributed by atoms with Crippen molar-refractivity contribution in [3.05, 3.63) is 29.8 Å². The summed E-state index contributed by atoms with van der Waals surface area (Å²) in [4.78, 5) is 28.4. The van der Waals surface area contributed by atoms with E-state index in [0.717, 1.165) is 57.8 Å². The zero-order valence-corrected chi connectivity index (χ0v) is 22.7. The van der Waals surface area contributed by atoms with Crippen molar-refractivity contribution in [2.45, 2.75) is 30.8 Å². The van der Waals surface area contributed by atoms with E-state index in [2.05, 4.69) is 22.2 Å². The minimum Gasteiger partial charge on any atom is -0.475 e. The normalized spacial score (nSPS) is 17.7. The molecule has 0 unspecified atom stereocenters. The predicted octanol–water partition coefficient (Wildman–Crippen LogP) is 1.08. The highest BCUT2D eigenvalue weighted by molar-refractivity contribution is 7.89. The summed E-state index contributed by atoms with van der Waals surface area (Å²) in [5, 5.41) is 10.4. The van der Waals surface area contributed by atoms with Gasteiger partial charge in [0.05, 0.1) is 4.90 Å². The van der Waals surface area contributed by atoms with Crippen molar-refractivity contribution in [3.63, 3.8) is 0 Å². The number of carboxylic acids is 1. The lowest BCUT2D eigenvalue weighted by molar-refractivity contribution is -0.192. The molecule has 1 aromatic carbocycles. The fourth-order valence-corrected chi connectivity index (χ4v) is 5.53. The third-order valence-electron chi connectivity index (χ3n) is 6.42. The van der Waals surface area contributed by atoms with Crippen LogP contribution in [0.1, 0.15) is 18.4 Å². The van der Waals surface area contributed by atoms with Gasteiger partial charge in [-0.3, -0.25) is 4.79 Å². The van der Waals surface area contributed by atoms with E-state index >= 15 is 0 Å². The summed E-state index contributed by atoms with van der Waals surface area (Å²) in [6.07, 6.45) is -4.10. The minimum atomic E-state index is -5.08. The van der Waals surface area contributed by atoms with E-state index in [4.69, 9.17) is 9.90 Å². The van der Waals surface area contributed by atoms with Crippen LogP contribution in [0.3, 0.4) is 0 Å². The Morgan fingerprint density at radius 1 is 1.00 bits per heavy atom. The Balaban J connectivity index is 0.000000638. The van der Waals surface area contributed by atoms with Crippen molar-refractivity contribution in [1.29, 1.82) is 0 Å². The van der Waals surface area contributed by atoms with E-state index in [1.807, 2.05) is 24.0 Å². The van der Waals surface area contributed by atoms with Gasteiger partial charge in [0.25, 0.3) is 0 Å². The van der Waals surface area contributed by atoms with Crippen molar-refractivity contribution < 1.29 is 36.3 Å². The van der Waals surface area contributed by atoms with Gasteiger partial charge >= 0.3 is 12.1 Å². The molecule has 3 rings (SSSR count). The SMILES string of the molecule is Cc1ccc(S(=O)(=O)N(CCCN2CCN(C)CC2)CCC(=O)N2CCNCC2)cc1.O=C(O)C(F)(F)F. The van der Waals surface area contributed by atoms with Crippen LogP contribution in [0.15, 0.2) is 29.2 Å². The Hall–Kier alpha value is -2.26. The Morgan fingerprint density at radius 2 is 1.55 bits per heavy atom. The quantitative estimate of drug-likeness (QED) is 0.458. The summed E-state index contributed by atoms with van der Waals surface area (Å²) in [6.45, 7) is 10.6. The fourth-order valence-electron chi connectivity index (χ4n) is 4.05. The molecule has 0 saturated carbocycles. The van der Waals surface area contributed by atoms with Gasteiger partial charge in [-0.05, 0) is 39.1 Å². The zero-order valence-electron chi connectivity index (χ0n) is 21.9. The molecule has 1 aromatic rings. The fraction of sp³-hybridized carbons (Fsp3) is 0.667. The average Bonchev–Trinajstić information content (AvgIpc) is 2.87. The maximum atomic E-state index is 13.3. The van der Waals surface area contributed by atoms with Gasteiger partial charge in [-0.1, -0.05) is 17.7 Å². The highest BCUT2D eigenvalue weighted by Gasteiger charge is 2.38. The molecular formula is C24H38F3N5O5S. The lowest BCUT2D eigenvalue weighted by atomic mass is 10.2. The topological polar surface area (TPSA) is 114 Å². The number of benzene rings is 1. The summed E-state index contributed by atoms with van der Waals surface area (Å²) in [5.74, 6) is -2.72. The van der Waals surface area contributed by atoms with Gasteiger partial charge in [-0.2, -0.15) is 17.5 Å². The van der Waals surface area contributed by atoms with Crippen LogP contribution in [0.25, 0.3) is 0 Å². The van der Waals surface area contributed by atoms with E-state index in [-0.39, 0.29) is 18.9 Å². The third-order valence-corrected chi connectivity index (χ3v) is 8.34. The van der Waals surface area contributed by atoms with Gasteiger partial charge in [0.15, 0.2) is 0 Å². The van der Waals surface area contributed by atoms with Crippen molar-refractivity contribution in [2.24, 2.45) is 0 Å². The lowest BCUT2D eigenvalue weighted by Crippen LogP contribution is -2.47. The number of aryl methyl sites for hydroxylation is 1. The molecule has 14 heteroatoms. The van der Waals surface area contributed by atoms with Crippen molar-refractivity contribution in [2.75, 3.05) is 79.0 Å². The number of hydrogen-bond donors (Lipinski definition) is 2. The largest absolute Gasteiger partial charge is 0.490 e. The molecular weight excluding hydrogens is 527 g/mol. The Morgan fingerprint density at radius 3 is 2.08 bits per heavy atom. The van der Waals surface area contributed by atoms with E-state index in [0.29, 0.717) is 24.5 Å². The number of likely N-dealkylation sites (N-methyl/N-ethyl adjacent to an activating group) is 1. The Bertz CT molecular complexity index is 994. The smallest absolute Gasteiger partial charge is 0.475 e. The Labute approximate surface area is 222 Å². The zero-order chi connectivity index (χ0) is 28.3. The van der Waals surface area contributed by atoms with Gasteiger partial charge in [0.2, 0.25) is 15.9 Å². The maximum Gasteiger partial charge on any atom is 0.490 e. The number of carbonyl (C=O) groups is 2. The van der Waals surface area contributed by atoms with Crippen LogP contribution in [0.5, 0.6) is 0 Å². The molecule has 2 heterocycles. The first-order valence-corrected chi connectivity index (χ1v) is 14.0. The average molecular weight is 566 g/mol. The van der Waals surface area contributed by atoms with Crippen LogP contribution in [0.2, 0.25) is 0 Å². The molecule has 10 nitrogen and oxygen atoms in total. The molecule has 2 aliphatic rings. The molecule has 0 atom stereocenters. The van der Waals surface area contributed by atoms with Crippen LogP contribution in [0, 0.1) is 6.92 Å². The van der Waals surface area contributed by atoms with Gasteiger partial charge in [0, 0.05) is 71.9 Å². The van der Waals surface area contributed by atoms with Crippen LogP contribution < -0.4 is 5.32 Å². The van der Waals surface area contributed by atoms with Gasteiger partial charge in [0.1, 0.15) is 0 Å². The number of rotatable bonds is 9. The Kier molecular flexibility index (Phi) is 12.4. The lowest BCUT2D eigenvalue weighted by Gasteiger charge is -2.33. The number of piperazine rings is 2. The highest BCUT2D eigenvalue weighted by atomic mass is 32.2. The van der Waals surface area contributed by atoms with E-state index in [1.165, 1.54) is 4.31 Å². The number of alkyl halides is 3. The van der Waals surface area contributed by atoms with Crippen LogP contribution in [-0.2, 0) is 19.6 Å². The molecule has 2 saturated heterocycles. The molecule has 2 N–H and O–H groups in total. The number of carboxylic acid groups (broad SMARTS) is 1. The number of nitrogens with zero attached hydrogens (tertiary/aromatic N) is 4. The first kappa shape index (κ1) is 32.0. The van der Waals surface area contributed by atoms with Crippen molar-refractivity contribution in [3.8, 4) is 0 Å². The molecule has 0 aromatic heterocycles. The molecule has 0 aliphatic carbocycles. The maximum absolute atomic E-state index is 13.3. The summed E-state index contributed by atoms with van der Waals surface area (Å²) >= 11 is 0. The first-order chi connectivity index (χ1) is 17.8. The van der Waals surface area contributed by atoms with Crippen LogP contribution in [0.4, 0.5) is 13.2 Å². The third kappa shape index (κ3) is 10.5. The predicted molar refractivity (Wildman–Crippen MR) is 136 cm³/mol. The monoisotopic (exact) mass is 565 g/mol. The van der Waals surface area contributed by atoms with E-state index < -0.39 is 22.2 Å². The number of hydrogen-bond acceptors (Lipinski definition) is 7. The van der Waals surface area contributed by atoms with Gasteiger partial charge in [-0.25, -0.2) is 13.2 Å². The second-order valence-electron chi connectivity index (χ2n) is 9.40. The van der Waals surface area contributed by atoms with E-state index in [1.54, 1.807) is 12.1 Å². The number of amides is 1. The summed E-state index contributed by atoms with van der Waals surface area (Å²) in [6, 6.07) is 6.97. The molecule has 2 fully saturated rings. The standard InChI is InChI=1S/C22H37N5O3S.C2HF3O2/c1-20-4-6-21(7-5-20)31(29,30)27(12-3-11-25-18-16-24(2)17-19-25)13-8-22(28)26-14-9-23-10-15-26;3-2(4,5)1(6)7/h4-7,23H,3,8-19H2,1-2H3;(H,6,7). The molecule has 216 valence electrons. The summed E-state index contributed by atoms with van der Waals surface area (Å²) in [5.41, 5.74) is 1.02. The van der Waals surface area contributed by atoms with Gasteiger partial charge in [-0.15, -0.1) is 0 Å². The molecule has 1 amide bonds.